The summed E-state index contributed by atoms with van der Waals surface area (Å²) in [7, 11) is -3.67. The fourth-order valence-corrected chi connectivity index (χ4v) is 5.71. The molecule has 0 bridgehead atoms. The van der Waals surface area contributed by atoms with Crippen molar-refractivity contribution >= 4 is 44.3 Å². The lowest BCUT2D eigenvalue weighted by Gasteiger charge is -2.35. The number of halogens is 4. The monoisotopic (exact) mass is 455 g/mol. The van der Waals surface area contributed by atoms with Gasteiger partial charge in [-0.1, -0.05) is 17.7 Å². The van der Waals surface area contributed by atoms with Crippen molar-refractivity contribution in [3.63, 3.8) is 0 Å². The molecule has 0 N–H and O–H groups in total. The number of sulfonamides is 1. The molecule has 7 nitrogen and oxygen atoms in total. The fraction of sp³-hybridized carbons (Fsp3) is 0.333. The van der Waals surface area contributed by atoms with Gasteiger partial charge in [-0.05, 0) is 17.5 Å². The molecule has 2 heterocycles. The predicted molar refractivity (Wildman–Crippen MR) is 98.4 cm³/mol. The highest BCUT2D eigenvalue weighted by Crippen LogP contribution is 2.41. The van der Waals surface area contributed by atoms with E-state index >= 15 is 0 Å². The molecule has 0 unspecified atom stereocenters. The van der Waals surface area contributed by atoms with Crippen molar-refractivity contribution in [1.82, 2.24) is 4.31 Å². The van der Waals surface area contributed by atoms with E-state index in [1.54, 1.807) is 11.4 Å². The summed E-state index contributed by atoms with van der Waals surface area (Å²) in [6, 6.07) is 4.41. The van der Waals surface area contributed by atoms with Crippen LogP contribution < -0.4 is 4.90 Å². The second-order valence-electron chi connectivity index (χ2n) is 5.90. The number of rotatable bonds is 4. The third-order valence-electron chi connectivity index (χ3n) is 4.23. The Morgan fingerprint density at radius 2 is 1.82 bits per heavy atom. The summed E-state index contributed by atoms with van der Waals surface area (Å²) in [4.78, 5) is 11.9. The first-order chi connectivity index (χ1) is 13.0. The third-order valence-corrected chi connectivity index (χ3v) is 7.82. The van der Waals surface area contributed by atoms with Crippen molar-refractivity contribution in [2.24, 2.45) is 0 Å². The van der Waals surface area contributed by atoms with Crippen molar-refractivity contribution in [3.8, 4) is 0 Å². The molecule has 0 amide bonds. The second kappa shape index (κ2) is 7.50. The quantitative estimate of drug-likeness (QED) is 0.516. The van der Waals surface area contributed by atoms with Crippen molar-refractivity contribution in [2.75, 3.05) is 31.1 Å². The Hall–Kier alpha value is -1.89. The van der Waals surface area contributed by atoms with Gasteiger partial charge in [0, 0.05) is 32.2 Å². The number of nitro groups is 1. The van der Waals surface area contributed by atoms with Crippen molar-refractivity contribution in [2.45, 2.75) is 10.4 Å². The number of benzene rings is 1. The minimum Gasteiger partial charge on any atom is -0.363 e. The molecule has 1 aliphatic rings. The average molecular weight is 456 g/mol. The molecule has 1 aromatic heterocycles. The molecule has 1 aliphatic heterocycles. The van der Waals surface area contributed by atoms with E-state index in [9.17, 15) is 31.7 Å². The van der Waals surface area contributed by atoms with Crippen LogP contribution in [0.1, 0.15) is 5.56 Å². The molecule has 1 fully saturated rings. The van der Waals surface area contributed by atoms with E-state index in [4.69, 9.17) is 11.6 Å². The number of hydrogen-bond donors (Lipinski definition) is 0. The van der Waals surface area contributed by atoms with E-state index in [1.807, 2.05) is 0 Å². The van der Waals surface area contributed by atoms with Crippen molar-refractivity contribution < 1.29 is 26.5 Å². The Kier molecular flexibility index (Phi) is 5.58. The van der Waals surface area contributed by atoms with Gasteiger partial charge in [-0.3, -0.25) is 10.1 Å². The Labute approximate surface area is 167 Å². The highest BCUT2D eigenvalue weighted by atomic mass is 35.5. The lowest BCUT2D eigenvalue weighted by molar-refractivity contribution is -0.384. The first-order valence-corrected chi connectivity index (χ1v) is 10.6. The largest absolute Gasteiger partial charge is 0.418 e. The molecule has 152 valence electrons. The normalized spacial score (nSPS) is 16.4. The van der Waals surface area contributed by atoms with E-state index in [0.717, 1.165) is 17.4 Å². The molecular formula is C15H13ClF3N3O4S2. The third kappa shape index (κ3) is 3.95. The Balaban J connectivity index is 1.86. The molecule has 3 rings (SSSR count). The van der Waals surface area contributed by atoms with Crippen LogP contribution in [0.25, 0.3) is 0 Å². The van der Waals surface area contributed by atoms with Gasteiger partial charge in [0.25, 0.3) is 15.7 Å². The lowest BCUT2D eigenvalue weighted by atomic mass is 10.1. The smallest absolute Gasteiger partial charge is 0.363 e. The summed E-state index contributed by atoms with van der Waals surface area (Å²) in [5.74, 6) is 0. The van der Waals surface area contributed by atoms with Crippen molar-refractivity contribution in [1.29, 1.82) is 0 Å². The summed E-state index contributed by atoms with van der Waals surface area (Å²) in [5, 5.41) is 12.3. The zero-order valence-electron chi connectivity index (χ0n) is 14.0. The number of nitro benzene ring substituents is 1. The topological polar surface area (TPSA) is 83.8 Å². The molecule has 2 aromatic rings. The van der Waals surface area contributed by atoms with E-state index < -0.39 is 37.4 Å². The zero-order chi connectivity index (χ0) is 20.7. The summed E-state index contributed by atoms with van der Waals surface area (Å²) in [5.41, 5.74) is -2.09. The Bertz CT molecular complexity index is 989. The van der Waals surface area contributed by atoms with Crippen LogP contribution in [0.5, 0.6) is 0 Å². The van der Waals surface area contributed by atoms with Gasteiger partial charge in [-0.25, -0.2) is 8.42 Å². The van der Waals surface area contributed by atoms with Gasteiger partial charge in [-0.2, -0.15) is 17.5 Å². The van der Waals surface area contributed by atoms with Crippen LogP contribution in [0.4, 0.5) is 24.5 Å². The standard InChI is InChI=1S/C15H13ClF3N3O4S2/c16-11-9-12(13(22(23)24)8-10(11)15(17,18)19)20-3-5-21(6-4-20)28(25,26)14-2-1-7-27-14/h1-2,7-9H,3-6H2. The molecule has 1 aromatic carbocycles. The molecule has 1 saturated heterocycles. The van der Waals surface area contributed by atoms with Gasteiger partial charge in [0.2, 0.25) is 0 Å². The van der Waals surface area contributed by atoms with Crippen LogP contribution in [0.2, 0.25) is 5.02 Å². The number of alkyl halides is 3. The molecule has 13 heteroatoms. The van der Waals surface area contributed by atoms with Gasteiger partial charge in [-0.15, -0.1) is 11.3 Å². The highest BCUT2D eigenvalue weighted by molar-refractivity contribution is 7.91. The molecule has 28 heavy (non-hydrogen) atoms. The number of nitrogens with zero attached hydrogens (tertiary/aromatic N) is 3. The Morgan fingerprint density at radius 3 is 2.32 bits per heavy atom. The number of anilines is 1. The van der Waals surface area contributed by atoms with Gasteiger partial charge >= 0.3 is 6.18 Å². The SMILES string of the molecule is O=[N+]([O-])c1cc(C(F)(F)F)c(Cl)cc1N1CCN(S(=O)(=O)c2cccs2)CC1. The Morgan fingerprint density at radius 1 is 1.18 bits per heavy atom. The average Bonchev–Trinajstić information content (AvgIpc) is 3.15. The van der Waals surface area contributed by atoms with Crippen LogP contribution in [-0.2, 0) is 16.2 Å². The number of thiophene rings is 1. The first-order valence-electron chi connectivity index (χ1n) is 7.85. The van der Waals surface area contributed by atoms with Crippen LogP contribution >= 0.6 is 22.9 Å². The molecule has 0 radical (unpaired) electrons. The second-order valence-corrected chi connectivity index (χ2v) is 9.42. The summed E-state index contributed by atoms with van der Waals surface area (Å²) < 4.78 is 65.5. The van der Waals surface area contributed by atoms with E-state index in [2.05, 4.69) is 0 Å². The number of hydrogen-bond acceptors (Lipinski definition) is 6. The van der Waals surface area contributed by atoms with Gasteiger partial charge in [0.15, 0.2) is 0 Å². The highest BCUT2D eigenvalue weighted by Gasteiger charge is 2.38. The van der Waals surface area contributed by atoms with Crippen LogP contribution in [0.3, 0.4) is 0 Å². The van der Waals surface area contributed by atoms with Gasteiger partial charge < -0.3 is 4.90 Å². The summed E-state index contributed by atoms with van der Waals surface area (Å²) >= 11 is 6.78. The fourth-order valence-electron chi connectivity index (χ4n) is 2.87. The minimum absolute atomic E-state index is 0.0377. The maximum atomic E-state index is 13.0. The zero-order valence-corrected chi connectivity index (χ0v) is 16.4. The first kappa shape index (κ1) is 20.8. The van der Waals surface area contributed by atoms with E-state index in [-0.39, 0.29) is 36.1 Å². The van der Waals surface area contributed by atoms with Crippen molar-refractivity contribution in [3.05, 3.63) is 50.3 Å². The molecular weight excluding hydrogens is 443 g/mol. The molecule has 0 saturated carbocycles. The minimum atomic E-state index is -4.83. The molecule has 0 aliphatic carbocycles. The van der Waals surface area contributed by atoms with Gasteiger partial charge in [0.05, 0.1) is 15.5 Å². The van der Waals surface area contributed by atoms with E-state index in [0.29, 0.717) is 6.07 Å². The maximum absolute atomic E-state index is 13.0. The van der Waals surface area contributed by atoms with Crippen LogP contribution in [0, 0.1) is 10.1 Å². The number of piperazine rings is 1. The lowest BCUT2D eigenvalue weighted by Crippen LogP contribution is -2.48. The molecule has 0 spiro atoms. The van der Waals surface area contributed by atoms with Crippen LogP contribution in [0.15, 0.2) is 33.9 Å². The molecule has 0 atom stereocenters. The maximum Gasteiger partial charge on any atom is 0.418 e. The van der Waals surface area contributed by atoms with E-state index in [1.165, 1.54) is 15.3 Å². The summed E-state index contributed by atoms with van der Waals surface area (Å²) in [6.07, 6.45) is -4.83. The summed E-state index contributed by atoms with van der Waals surface area (Å²) in [6.45, 7) is 0.229. The van der Waals surface area contributed by atoms with Crippen LogP contribution in [-0.4, -0.2) is 43.8 Å². The van der Waals surface area contributed by atoms with Gasteiger partial charge in [0.1, 0.15) is 9.90 Å². The predicted octanol–water partition coefficient (Wildman–Crippen LogP) is 3.84.